The molecule has 0 amide bonds. The fourth-order valence-electron chi connectivity index (χ4n) is 1.87. The molecule has 110 valence electrons. The van der Waals surface area contributed by atoms with Crippen molar-refractivity contribution in [3.8, 4) is 5.75 Å². The number of aryl methyl sites for hydroxylation is 1. The van der Waals surface area contributed by atoms with Crippen molar-refractivity contribution in [2.45, 2.75) is 46.1 Å². The zero-order valence-electron chi connectivity index (χ0n) is 11.8. The van der Waals surface area contributed by atoms with E-state index in [2.05, 4.69) is 0 Å². The summed E-state index contributed by atoms with van der Waals surface area (Å²) in [5, 5.41) is 22.3. The van der Waals surface area contributed by atoms with Crippen LogP contribution in [0.25, 0.3) is 0 Å². The molecule has 0 radical (unpaired) electrons. The van der Waals surface area contributed by atoms with Crippen molar-refractivity contribution in [3.63, 3.8) is 0 Å². The van der Waals surface area contributed by atoms with E-state index < -0.39 is 9.85 Å². The van der Waals surface area contributed by atoms with Gasteiger partial charge in [-0.25, -0.2) is 0 Å². The van der Waals surface area contributed by atoms with Crippen LogP contribution in [0, 0.1) is 20.2 Å². The Morgan fingerprint density at radius 2 is 1.85 bits per heavy atom. The van der Waals surface area contributed by atoms with Crippen molar-refractivity contribution in [3.05, 3.63) is 37.9 Å². The molecule has 0 aliphatic rings. The number of hydrogen-bond donors (Lipinski definition) is 0. The van der Waals surface area contributed by atoms with Crippen molar-refractivity contribution in [2.24, 2.45) is 0 Å². The van der Waals surface area contributed by atoms with E-state index in [1.807, 2.05) is 6.92 Å². The number of unbranched alkanes of at least 4 members (excludes halogenated alkanes) is 1. The van der Waals surface area contributed by atoms with Crippen LogP contribution in [0.4, 0.5) is 11.4 Å². The summed E-state index contributed by atoms with van der Waals surface area (Å²) in [6.07, 6.45) is 1.78. The molecule has 0 saturated carbocycles. The largest absolute Gasteiger partial charge is 0.479 e. The van der Waals surface area contributed by atoms with E-state index in [4.69, 9.17) is 4.74 Å². The van der Waals surface area contributed by atoms with Gasteiger partial charge in [0.05, 0.1) is 16.0 Å². The summed E-state index contributed by atoms with van der Waals surface area (Å²) in [6.45, 7) is 5.32. The van der Waals surface area contributed by atoms with Crippen LogP contribution >= 0.6 is 0 Å². The molecule has 1 aromatic carbocycles. The summed E-state index contributed by atoms with van der Waals surface area (Å²) in [4.78, 5) is 21.0. The van der Waals surface area contributed by atoms with E-state index in [0.29, 0.717) is 12.0 Å². The summed E-state index contributed by atoms with van der Waals surface area (Å²) in [7, 11) is 0. The molecule has 1 rings (SSSR count). The molecule has 0 atom stereocenters. The number of nitrogens with zero attached hydrogens (tertiary/aromatic N) is 2. The minimum atomic E-state index is -0.658. The van der Waals surface area contributed by atoms with Crippen molar-refractivity contribution in [2.75, 3.05) is 0 Å². The summed E-state index contributed by atoms with van der Waals surface area (Å²) >= 11 is 0. The molecule has 20 heavy (non-hydrogen) atoms. The van der Waals surface area contributed by atoms with Gasteiger partial charge in [-0.3, -0.25) is 20.2 Å². The predicted octanol–water partition coefficient (Wildman–Crippen LogP) is 3.63. The monoisotopic (exact) mass is 282 g/mol. The van der Waals surface area contributed by atoms with E-state index in [0.717, 1.165) is 12.8 Å². The second kappa shape index (κ2) is 6.83. The zero-order valence-corrected chi connectivity index (χ0v) is 11.8. The van der Waals surface area contributed by atoms with E-state index in [9.17, 15) is 20.2 Å². The highest BCUT2D eigenvalue weighted by atomic mass is 16.6. The lowest BCUT2D eigenvalue weighted by Gasteiger charge is -2.12. The molecule has 0 unspecified atom stereocenters. The van der Waals surface area contributed by atoms with Crippen LogP contribution < -0.4 is 4.74 Å². The van der Waals surface area contributed by atoms with Gasteiger partial charge < -0.3 is 4.74 Å². The molecule has 0 saturated heterocycles. The highest BCUT2D eigenvalue weighted by Crippen LogP contribution is 2.40. The van der Waals surface area contributed by atoms with E-state index >= 15 is 0 Å². The average molecular weight is 282 g/mol. The predicted molar refractivity (Wildman–Crippen MR) is 74.1 cm³/mol. The Hall–Kier alpha value is -2.18. The summed E-state index contributed by atoms with van der Waals surface area (Å²) in [5.41, 5.74) is -0.190. The molecule has 0 aliphatic heterocycles. The molecule has 0 spiro atoms. The van der Waals surface area contributed by atoms with E-state index in [-0.39, 0.29) is 23.2 Å². The number of nitro benzene ring substituents is 2. The molecular weight excluding hydrogens is 264 g/mol. The topological polar surface area (TPSA) is 95.5 Å². The van der Waals surface area contributed by atoms with Gasteiger partial charge in [0, 0.05) is 11.6 Å². The fraction of sp³-hybridized carbons (Fsp3) is 0.538. The smallest absolute Gasteiger partial charge is 0.321 e. The second-order valence-corrected chi connectivity index (χ2v) is 4.71. The third-order valence-electron chi connectivity index (χ3n) is 2.73. The Labute approximate surface area is 116 Å². The van der Waals surface area contributed by atoms with Crippen LogP contribution in [-0.2, 0) is 6.42 Å². The third kappa shape index (κ3) is 3.66. The van der Waals surface area contributed by atoms with Gasteiger partial charge in [-0.2, -0.15) is 0 Å². The van der Waals surface area contributed by atoms with Crippen molar-refractivity contribution in [1.82, 2.24) is 0 Å². The van der Waals surface area contributed by atoms with Crippen LogP contribution in [0.5, 0.6) is 5.75 Å². The average Bonchev–Trinajstić information content (AvgIpc) is 2.34. The van der Waals surface area contributed by atoms with Crippen molar-refractivity contribution >= 4 is 11.4 Å². The number of rotatable bonds is 7. The number of nitro groups is 2. The fourth-order valence-corrected chi connectivity index (χ4v) is 1.87. The Morgan fingerprint density at radius 1 is 1.20 bits per heavy atom. The highest BCUT2D eigenvalue weighted by molar-refractivity contribution is 5.64. The van der Waals surface area contributed by atoms with Crippen LogP contribution in [-0.4, -0.2) is 16.0 Å². The lowest BCUT2D eigenvalue weighted by molar-refractivity contribution is -0.396. The SMILES string of the molecule is CCCCc1ccc([N+](=O)[O-])c(OC(C)C)c1[N+](=O)[O-]. The molecule has 0 fully saturated rings. The molecule has 0 bridgehead atoms. The Bertz CT molecular complexity index is 514. The van der Waals surface area contributed by atoms with Gasteiger partial charge >= 0.3 is 11.4 Å². The van der Waals surface area contributed by atoms with Gasteiger partial charge in [0.2, 0.25) is 0 Å². The number of ether oxygens (including phenoxy) is 1. The lowest BCUT2D eigenvalue weighted by atomic mass is 10.0. The van der Waals surface area contributed by atoms with Gasteiger partial charge in [0.15, 0.2) is 0 Å². The Kier molecular flexibility index (Phi) is 5.42. The quantitative estimate of drug-likeness (QED) is 0.562. The first kappa shape index (κ1) is 15.9. The first-order chi connectivity index (χ1) is 9.38. The molecule has 0 aliphatic carbocycles. The van der Waals surface area contributed by atoms with Crippen LogP contribution in [0.1, 0.15) is 39.2 Å². The van der Waals surface area contributed by atoms with Gasteiger partial charge in [-0.05, 0) is 32.8 Å². The van der Waals surface area contributed by atoms with E-state index in [1.165, 1.54) is 12.1 Å². The Morgan fingerprint density at radius 3 is 2.30 bits per heavy atom. The number of hydrogen-bond acceptors (Lipinski definition) is 5. The van der Waals surface area contributed by atoms with Crippen molar-refractivity contribution in [1.29, 1.82) is 0 Å². The number of benzene rings is 1. The van der Waals surface area contributed by atoms with Gasteiger partial charge in [-0.1, -0.05) is 13.3 Å². The molecule has 0 aromatic heterocycles. The van der Waals surface area contributed by atoms with Gasteiger partial charge in [-0.15, -0.1) is 0 Å². The minimum Gasteiger partial charge on any atom is -0.479 e. The van der Waals surface area contributed by atoms with Crippen LogP contribution in [0.15, 0.2) is 12.1 Å². The standard InChI is InChI=1S/C13H18N2O5/c1-4-5-6-10-7-8-11(14(16)17)13(20-9(2)3)12(10)15(18)19/h7-9H,4-6H2,1-3H3. The summed E-state index contributed by atoms with van der Waals surface area (Å²) < 4.78 is 5.34. The minimum absolute atomic E-state index is 0.247. The lowest BCUT2D eigenvalue weighted by Crippen LogP contribution is -2.11. The Balaban J connectivity index is 3.43. The third-order valence-corrected chi connectivity index (χ3v) is 2.73. The highest BCUT2D eigenvalue weighted by Gasteiger charge is 2.30. The van der Waals surface area contributed by atoms with Crippen LogP contribution in [0.2, 0.25) is 0 Å². The maximum absolute atomic E-state index is 11.3. The summed E-state index contributed by atoms with van der Waals surface area (Å²) in [5.74, 6) is -0.247. The first-order valence-corrected chi connectivity index (χ1v) is 6.49. The van der Waals surface area contributed by atoms with Crippen molar-refractivity contribution < 1.29 is 14.6 Å². The molecule has 0 heterocycles. The maximum Gasteiger partial charge on any atom is 0.321 e. The van der Waals surface area contributed by atoms with Gasteiger partial charge in [0.1, 0.15) is 0 Å². The molecular formula is C13H18N2O5. The maximum atomic E-state index is 11.3. The molecule has 0 N–H and O–H groups in total. The molecule has 7 nitrogen and oxygen atoms in total. The molecule has 1 aromatic rings. The normalized spacial score (nSPS) is 10.6. The zero-order chi connectivity index (χ0) is 15.3. The van der Waals surface area contributed by atoms with Crippen LogP contribution in [0.3, 0.4) is 0 Å². The van der Waals surface area contributed by atoms with Gasteiger partial charge in [0.25, 0.3) is 5.75 Å². The summed E-state index contributed by atoms with van der Waals surface area (Å²) in [6, 6.07) is 2.72. The van der Waals surface area contributed by atoms with E-state index in [1.54, 1.807) is 13.8 Å². The second-order valence-electron chi connectivity index (χ2n) is 4.71. The molecule has 7 heteroatoms. The first-order valence-electron chi connectivity index (χ1n) is 6.49.